The zero-order valence-corrected chi connectivity index (χ0v) is 13.6. The minimum Gasteiger partial charge on any atom is -0.489 e. The third-order valence-electron chi connectivity index (χ3n) is 2.91. The molecule has 21 heavy (non-hydrogen) atoms. The van der Waals surface area contributed by atoms with Crippen molar-refractivity contribution >= 4 is 17.5 Å². The number of ether oxygens (including phenoxy) is 2. The molecule has 0 spiro atoms. The normalized spacial score (nSPS) is 18.8. The van der Waals surface area contributed by atoms with E-state index in [2.05, 4.69) is 4.99 Å². The van der Waals surface area contributed by atoms with Crippen LogP contribution in [0.3, 0.4) is 0 Å². The lowest BCUT2D eigenvalue weighted by Gasteiger charge is -2.18. The lowest BCUT2D eigenvalue weighted by Crippen LogP contribution is -2.20. The van der Waals surface area contributed by atoms with Crippen LogP contribution < -0.4 is 4.74 Å². The first kappa shape index (κ1) is 16.1. The topological polar surface area (TPSA) is 43.3 Å². The number of benzene rings is 1. The van der Waals surface area contributed by atoms with E-state index in [1.165, 1.54) is 0 Å². The number of hydrogen-bond acceptors (Lipinski definition) is 5. The summed E-state index contributed by atoms with van der Waals surface area (Å²) in [6.07, 6.45) is -0.132. The molecule has 0 amide bonds. The van der Waals surface area contributed by atoms with Crippen molar-refractivity contribution in [3.8, 4) is 5.75 Å². The predicted molar refractivity (Wildman–Crippen MR) is 82.7 cm³/mol. The van der Waals surface area contributed by atoms with Gasteiger partial charge in [-0.15, -0.1) is 5.06 Å². The highest BCUT2D eigenvalue weighted by Crippen LogP contribution is 2.33. The van der Waals surface area contributed by atoms with Crippen LogP contribution in [0.25, 0.3) is 0 Å². The number of aliphatic imine (C=N–C) groups is 1. The monoisotopic (exact) mass is 312 g/mol. The van der Waals surface area contributed by atoms with Crippen LogP contribution in [0, 0.1) is 0 Å². The molecule has 0 N–H and O–H groups in total. The molecule has 5 nitrogen and oxygen atoms in total. The molecule has 0 bridgehead atoms. The van der Waals surface area contributed by atoms with Gasteiger partial charge in [-0.3, -0.25) is 0 Å². The SMILES string of the molecule is CCOCC1=NC(c2ccc(OC(C)C)c(Cl)c2)N(C)O1. The standard InChI is InChI=1S/C15H21ClN2O3/c1-5-19-9-14-17-15(18(4)21-14)11-6-7-13(12(16)8-11)20-10(2)3/h6-8,10,15H,5,9H2,1-4H3. The molecular formula is C15H21ClN2O3. The zero-order chi connectivity index (χ0) is 15.4. The molecule has 0 saturated heterocycles. The fourth-order valence-electron chi connectivity index (χ4n) is 2.02. The largest absolute Gasteiger partial charge is 0.489 e. The van der Waals surface area contributed by atoms with E-state index in [1.807, 2.05) is 46.0 Å². The molecule has 1 unspecified atom stereocenters. The van der Waals surface area contributed by atoms with Gasteiger partial charge < -0.3 is 14.3 Å². The molecule has 1 aliphatic heterocycles. The second-order valence-electron chi connectivity index (χ2n) is 5.03. The molecule has 0 aromatic heterocycles. The third-order valence-corrected chi connectivity index (χ3v) is 3.20. The van der Waals surface area contributed by atoms with Crippen LogP contribution in [-0.4, -0.2) is 37.3 Å². The van der Waals surface area contributed by atoms with Crippen LogP contribution in [0.5, 0.6) is 5.75 Å². The maximum absolute atomic E-state index is 6.26. The predicted octanol–water partition coefficient (Wildman–Crippen LogP) is 3.44. The summed E-state index contributed by atoms with van der Waals surface area (Å²) >= 11 is 6.26. The van der Waals surface area contributed by atoms with E-state index in [4.69, 9.17) is 25.9 Å². The molecule has 1 aromatic carbocycles. The Morgan fingerprint density at radius 1 is 1.43 bits per heavy atom. The second-order valence-corrected chi connectivity index (χ2v) is 5.43. The molecule has 2 rings (SSSR count). The Balaban J connectivity index is 2.14. The average Bonchev–Trinajstić information content (AvgIpc) is 2.79. The zero-order valence-electron chi connectivity index (χ0n) is 12.8. The minimum atomic E-state index is -0.217. The molecule has 1 aromatic rings. The van der Waals surface area contributed by atoms with E-state index in [9.17, 15) is 0 Å². The van der Waals surface area contributed by atoms with E-state index in [0.717, 1.165) is 5.56 Å². The maximum Gasteiger partial charge on any atom is 0.237 e. The summed E-state index contributed by atoms with van der Waals surface area (Å²) in [7, 11) is 1.83. The Morgan fingerprint density at radius 3 is 2.81 bits per heavy atom. The van der Waals surface area contributed by atoms with Crippen molar-refractivity contribution in [1.29, 1.82) is 0 Å². The van der Waals surface area contributed by atoms with Crippen LogP contribution in [0.1, 0.15) is 32.5 Å². The fourth-order valence-corrected chi connectivity index (χ4v) is 2.26. The minimum absolute atomic E-state index is 0.0849. The van der Waals surface area contributed by atoms with Crippen LogP contribution in [0.4, 0.5) is 0 Å². The summed E-state index contributed by atoms with van der Waals surface area (Å²) in [5.41, 5.74) is 0.949. The highest BCUT2D eigenvalue weighted by molar-refractivity contribution is 6.32. The Kier molecular flexibility index (Phi) is 5.45. The first-order valence-electron chi connectivity index (χ1n) is 7.02. The van der Waals surface area contributed by atoms with Gasteiger partial charge in [-0.1, -0.05) is 17.7 Å². The number of hydrogen-bond donors (Lipinski definition) is 0. The van der Waals surface area contributed by atoms with Gasteiger partial charge >= 0.3 is 0 Å². The summed E-state index contributed by atoms with van der Waals surface area (Å²) in [5, 5.41) is 2.26. The smallest absolute Gasteiger partial charge is 0.237 e. The first-order chi connectivity index (χ1) is 10.0. The number of nitrogens with zero attached hydrogens (tertiary/aromatic N) is 2. The Bertz CT molecular complexity index is 520. The van der Waals surface area contributed by atoms with Crippen molar-refractivity contribution < 1.29 is 14.3 Å². The Labute approximate surface area is 130 Å². The third kappa shape index (κ3) is 4.09. The van der Waals surface area contributed by atoms with Crippen molar-refractivity contribution in [2.75, 3.05) is 20.3 Å². The van der Waals surface area contributed by atoms with Crippen molar-refractivity contribution in [2.45, 2.75) is 33.0 Å². The molecular weight excluding hydrogens is 292 g/mol. The lowest BCUT2D eigenvalue weighted by molar-refractivity contribution is -0.0635. The molecule has 0 aliphatic carbocycles. The van der Waals surface area contributed by atoms with E-state index in [-0.39, 0.29) is 12.3 Å². The van der Waals surface area contributed by atoms with Crippen molar-refractivity contribution in [3.05, 3.63) is 28.8 Å². The van der Waals surface area contributed by atoms with Crippen molar-refractivity contribution in [2.24, 2.45) is 4.99 Å². The molecule has 1 aliphatic rings. The highest BCUT2D eigenvalue weighted by atomic mass is 35.5. The summed E-state index contributed by atoms with van der Waals surface area (Å²) in [5.74, 6) is 1.25. The summed E-state index contributed by atoms with van der Waals surface area (Å²) in [4.78, 5) is 10.1. The molecule has 116 valence electrons. The maximum atomic E-state index is 6.26. The number of hydroxylamine groups is 2. The summed E-state index contributed by atoms with van der Waals surface area (Å²) in [6.45, 7) is 6.87. The van der Waals surface area contributed by atoms with E-state index >= 15 is 0 Å². The Hall–Kier alpha value is -1.30. The number of rotatable bonds is 6. The quantitative estimate of drug-likeness (QED) is 0.807. The molecule has 0 fully saturated rings. The van der Waals surface area contributed by atoms with Crippen LogP contribution in [0.15, 0.2) is 23.2 Å². The first-order valence-corrected chi connectivity index (χ1v) is 7.40. The van der Waals surface area contributed by atoms with Gasteiger partial charge in [0.25, 0.3) is 0 Å². The average molecular weight is 313 g/mol. The van der Waals surface area contributed by atoms with Crippen molar-refractivity contribution in [1.82, 2.24) is 5.06 Å². The van der Waals surface area contributed by atoms with Crippen molar-refractivity contribution in [3.63, 3.8) is 0 Å². The molecule has 0 radical (unpaired) electrons. The second kappa shape index (κ2) is 7.11. The highest BCUT2D eigenvalue weighted by Gasteiger charge is 2.27. The van der Waals surface area contributed by atoms with Crippen LogP contribution in [-0.2, 0) is 9.57 Å². The molecule has 6 heteroatoms. The van der Waals surface area contributed by atoms with Gasteiger partial charge in [0.15, 0.2) is 6.17 Å². The van der Waals surface area contributed by atoms with Gasteiger partial charge in [-0.25, -0.2) is 4.99 Å². The molecule has 1 atom stereocenters. The molecule has 0 saturated carbocycles. The van der Waals surface area contributed by atoms with E-state index < -0.39 is 0 Å². The summed E-state index contributed by atoms with van der Waals surface area (Å²) in [6, 6.07) is 5.67. The Morgan fingerprint density at radius 2 is 2.19 bits per heavy atom. The summed E-state index contributed by atoms with van der Waals surface area (Å²) < 4.78 is 10.9. The van der Waals surface area contributed by atoms with Gasteiger partial charge in [-0.05, 0) is 38.5 Å². The van der Waals surface area contributed by atoms with Gasteiger partial charge in [0.1, 0.15) is 12.4 Å². The van der Waals surface area contributed by atoms with Gasteiger partial charge in [0.2, 0.25) is 5.90 Å². The van der Waals surface area contributed by atoms with E-state index in [1.54, 1.807) is 5.06 Å². The van der Waals surface area contributed by atoms with Crippen LogP contribution >= 0.6 is 11.6 Å². The van der Waals surface area contributed by atoms with E-state index in [0.29, 0.717) is 29.9 Å². The van der Waals surface area contributed by atoms with Gasteiger partial charge in [-0.2, -0.15) is 0 Å². The number of halogens is 1. The fraction of sp³-hybridized carbons (Fsp3) is 0.533. The van der Waals surface area contributed by atoms with Gasteiger partial charge in [0, 0.05) is 13.7 Å². The lowest BCUT2D eigenvalue weighted by atomic mass is 10.1. The van der Waals surface area contributed by atoms with Crippen LogP contribution in [0.2, 0.25) is 5.02 Å². The molecule has 1 heterocycles. The van der Waals surface area contributed by atoms with Gasteiger partial charge in [0.05, 0.1) is 11.1 Å².